The zero-order valence-corrected chi connectivity index (χ0v) is 25.3. The average molecular weight is 521 g/mol. The molecule has 0 radical (unpaired) electrons. The molecule has 0 aromatic heterocycles. The molecule has 7 aliphatic rings. The van der Waals surface area contributed by atoms with Crippen LogP contribution in [0.25, 0.3) is 0 Å². The standard InChI is InChI=1S/C38H64/c1-3-15-27(16-4-1)29-19-7-9-21-31(29)37-33-23-11-13-25-35(33)38(36-26-14-12-24-34(36)37)32-22-10-8-20-30(32)28-17-5-2-6-18-28/h27-38H,1-26H2. The molecule has 8 atom stereocenters. The molecule has 8 unspecified atom stereocenters. The fourth-order valence-corrected chi connectivity index (χ4v) is 13.8. The first-order chi connectivity index (χ1) is 18.9. The Hall–Kier alpha value is 0. The zero-order valence-electron chi connectivity index (χ0n) is 25.3. The summed E-state index contributed by atoms with van der Waals surface area (Å²) in [7, 11) is 0. The van der Waals surface area contributed by atoms with E-state index in [2.05, 4.69) is 0 Å². The molecule has 0 heterocycles. The van der Waals surface area contributed by atoms with Gasteiger partial charge in [0.15, 0.2) is 0 Å². The topological polar surface area (TPSA) is 0 Å². The first-order valence-corrected chi connectivity index (χ1v) is 18.9. The van der Waals surface area contributed by atoms with Crippen LogP contribution in [0.1, 0.15) is 167 Å². The van der Waals surface area contributed by atoms with Crippen LogP contribution in [0.5, 0.6) is 0 Å². The van der Waals surface area contributed by atoms with Gasteiger partial charge >= 0.3 is 0 Å². The van der Waals surface area contributed by atoms with Gasteiger partial charge in [-0.15, -0.1) is 0 Å². The molecule has 7 rings (SSSR count). The van der Waals surface area contributed by atoms with Gasteiger partial charge in [-0.1, -0.05) is 116 Å². The van der Waals surface area contributed by atoms with E-state index in [4.69, 9.17) is 0 Å². The van der Waals surface area contributed by atoms with Crippen molar-refractivity contribution < 1.29 is 0 Å². The van der Waals surface area contributed by atoms with Gasteiger partial charge in [-0.3, -0.25) is 0 Å². The molecule has 0 bridgehead atoms. The van der Waals surface area contributed by atoms with Crippen molar-refractivity contribution in [2.45, 2.75) is 167 Å². The maximum atomic E-state index is 1.64. The lowest BCUT2D eigenvalue weighted by molar-refractivity contribution is -0.136. The molecule has 7 fully saturated rings. The van der Waals surface area contributed by atoms with E-state index < -0.39 is 0 Å². The maximum absolute atomic E-state index is 1.64. The summed E-state index contributed by atoms with van der Waals surface area (Å²) in [6, 6.07) is 0. The van der Waals surface area contributed by atoms with E-state index in [1.807, 2.05) is 0 Å². The summed E-state index contributed by atoms with van der Waals surface area (Å²) in [6.45, 7) is 0. The van der Waals surface area contributed by atoms with Gasteiger partial charge in [-0.2, -0.15) is 0 Å². The molecule has 0 aromatic rings. The molecule has 0 aliphatic heterocycles. The molecule has 7 aliphatic carbocycles. The SMILES string of the molecule is C1CCC(C2CCCCC2C2C3CCCCC3C(C3CCCCC3C3CCCCC3)C3CCCCC32)CC1. The predicted molar refractivity (Wildman–Crippen MR) is 162 cm³/mol. The van der Waals surface area contributed by atoms with Crippen molar-refractivity contribution in [1.29, 1.82) is 0 Å². The van der Waals surface area contributed by atoms with E-state index in [0.717, 1.165) is 71.0 Å². The average Bonchev–Trinajstić information content (AvgIpc) is 3.01. The minimum Gasteiger partial charge on any atom is -0.0533 e. The Morgan fingerprint density at radius 3 is 0.684 bits per heavy atom. The largest absolute Gasteiger partial charge is 0.0533 e. The highest BCUT2D eigenvalue weighted by molar-refractivity contribution is 5.06. The van der Waals surface area contributed by atoms with Crippen molar-refractivity contribution in [3.05, 3.63) is 0 Å². The molecular formula is C38H64. The van der Waals surface area contributed by atoms with Gasteiger partial charge in [-0.25, -0.2) is 0 Å². The number of rotatable bonds is 4. The maximum Gasteiger partial charge on any atom is -0.0321 e. The predicted octanol–water partition coefficient (Wildman–Crippen LogP) is 11.6. The van der Waals surface area contributed by atoms with Gasteiger partial charge in [0.2, 0.25) is 0 Å². The molecule has 0 heteroatoms. The first-order valence-electron chi connectivity index (χ1n) is 18.9. The highest BCUT2D eigenvalue weighted by Crippen LogP contribution is 2.64. The van der Waals surface area contributed by atoms with Crippen LogP contribution in [0.3, 0.4) is 0 Å². The van der Waals surface area contributed by atoms with Gasteiger partial charge in [0.25, 0.3) is 0 Å². The van der Waals surface area contributed by atoms with Gasteiger partial charge in [0.1, 0.15) is 0 Å². The van der Waals surface area contributed by atoms with Gasteiger partial charge in [0, 0.05) is 0 Å². The van der Waals surface area contributed by atoms with Crippen molar-refractivity contribution in [3.63, 3.8) is 0 Å². The van der Waals surface area contributed by atoms with Crippen molar-refractivity contribution in [3.8, 4) is 0 Å². The monoisotopic (exact) mass is 521 g/mol. The van der Waals surface area contributed by atoms with Crippen LogP contribution in [0.4, 0.5) is 0 Å². The van der Waals surface area contributed by atoms with E-state index in [1.54, 1.807) is 154 Å². The molecule has 38 heavy (non-hydrogen) atoms. The Labute approximate surface area is 237 Å². The van der Waals surface area contributed by atoms with Crippen molar-refractivity contribution in [1.82, 2.24) is 0 Å². The third-order valence-corrected chi connectivity index (χ3v) is 15.0. The molecular weight excluding hydrogens is 456 g/mol. The normalized spacial score (nSPS) is 47.7. The Morgan fingerprint density at radius 2 is 0.395 bits per heavy atom. The van der Waals surface area contributed by atoms with Crippen LogP contribution in [-0.4, -0.2) is 0 Å². The summed E-state index contributed by atoms with van der Waals surface area (Å²) >= 11 is 0. The lowest BCUT2D eigenvalue weighted by atomic mass is 9.43. The van der Waals surface area contributed by atoms with Crippen LogP contribution >= 0.6 is 0 Å². The van der Waals surface area contributed by atoms with E-state index in [9.17, 15) is 0 Å². The lowest BCUT2D eigenvalue weighted by Gasteiger charge is -2.62. The second-order valence-electron chi connectivity index (χ2n) is 16.4. The lowest BCUT2D eigenvalue weighted by Crippen LogP contribution is -2.55. The molecule has 0 amide bonds. The summed E-state index contributed by atoms with van der Waals surface area (Å²) in [5.74, 6) is 13.6. The molecule has 0 aromatic carbocycles. The molecule has 0 saturated heterocycles. The quantitative estimate of drug-likeness (QED) is 0.346. The summed E-state index contributed by atoms with van der Waals surface area (Å²) in [5, 5.41) is 0. The molecule has 0 N–H and O–H groups in total. The van der Waals surface area contributed by atoms with Crippen LogP contribution < -0.4 is 0 Å². The number of hydrogen-bond acceptors (Lipinski definition) is 0. The summed E-state index contributed by atoms with van der Waals surface area (Å²) < 4.78 is 0. The molecule has 0 spiro atoms. The van der Waals surface area contributed by atoms with E-state index in [-0.39, 0.29) is 0 Å². The third kappa shape index (κ3) is 5.21. The van der Waals surface area contributed by atoms with Crippen molar-refractivity contribution in [2.75, 3.05) is 0 Å². The van der Waals surface area contributed by atoms with Crippen LogP contribution in [0, 0.1) is 71.0 Å². The van der Waals surface area contributed by atoms with E-state index >= 15 is 0 Å². The zero-order chi connectivity index (χ0) is 25.3. The van der Waals surface area contributed by atoms with Gasteiger partial charge in [0.05, 0.1) is 0 Å². The minimum atomic E-state index is 1.12. The number of fused-ring (bicyclic) bond motifs is 2. The fourth-order valence-electron chi connectivity index (χ4n) is 13.8. The van der Waals surface area contributed by atoms with E-state index in [0.29, 0.717) is 0 Å². The smallest absolute Gasteiger partial charge is 0.0321 e. The Balaban J connectivity index is 1.21. The second kappa shape index (κ2) is 12.5. The van der Waals surface area contributed by atoms with Crippen molar-refractivity contribution >= 4 is 0 Å². The number of hydrogen-bond donors (Lipinski definition) is 0. The highest BCUT2D eigenvalue weighted by atomic mass is 14.6. The minimum absolute atomic E-state index is 1.12. The first kappa shape index (κ1) is 26.9. The van der Waals surface area contributed by atoms with Crippen LogP contribution in [0.2, 0.25) is 0 Å². The van der Waals surface area contributed by atoms with Crippen molar-refractivity contribution in [2.24, 2.45) is 71.0 Å². The van der Waals surface area contributed by atoms with Gasteiger partial charge in [-0.05, 0) is 122 Å². The van der Waals surface area contributed by atoms with Crippen LogP contribution in [0.15, 0.2) is 0 Å². The third-order valence-electron chi connectivity index (χ3n) is 15.0. The molecule has 216 valence electrons. The molecule has 0 nitrogen and oxygen atoms in total. The Kier molecular flexibility index (Phi) is 8.82. The highest BCUT2D eigenvalue weighted by Gasteiger charge is 2.57. The Morgan fingerprint density at radius 1 is 0.184 bits per heavy atom. The summed E-state index contributed by atoms with van der Waals surface area (Å²) in [6.07, 6.45) is 41.4. The fraction of sp³-hybridized carbons (Fsp3) is 1.00. The summed E-state index contributed by atoms with van der Waals surface area (Å²) in [4.78, 5) is 0. The van der Waals surface area contributed by atoms with Crippen LogP contribution in [-0.2, 0) is 0 Å². The molecule has 7 saturated carbocycles. The second-order valence-corrected chi connectivity index (χ2v) is 16.4. The summed E-state index contributed by atoms with van der Waals surface area (Å²) in [5.41, 5.74) is 0. The van der Waals surface area contributed by atoms with Gasteiger partial charge < -0.3 is 0 Å². The Bertz CT molecular complexity index is 640. The van der Waals surface area contributed by atoms with E-state index in [1.165, 1.54) is 12.8 Å².